The Morgan fingerprint density at radius 1 is 1.36 bits per heavy atom. The first-order chi connectivity index (χ1) is 10.4. The lowest BCUT2D eigenvalue weighted by Gasteiger charge is -2.09. The summed E-state index contributed by atoms with van der Waals surface area (Å²) in [5.41, 5.74) is 1.14. The molecule has 0 spiro atoms. The molecule has 0 fully saturated rings. The van der Waals surface area contributed by atoms with Crippen molar-refractivity contribution in [3.8, 4) is 22.9 Å². The summed E-state index contributed by atoms with van der Waals surface area (Å²) in [6.45, 7) is 3.87. The lowest BCUT2D eigenvalue weighted by atomic mass is 10.1. The first-order valence-corrected chi connectivity index (χ1v) is 8.10. The highest BCUT2D eigenvalue weighted by atomic mass is 79.9. The number of aromatic amines is 1. The fourth-order valence-corrected chi connectivity index (χ4v) is 3.76. The zero-order valence-electron chi connectivity index (χ0n) is 12.2. The van der Waals surface area contributed by atoms with Crippen LogP contribution in [0.1, 0.15) is 10.4 Å². The van der Waals surface area contributed by atoms with Crippen molar-refractivity contribution in [2.24, 2.45) is 0 Å². The van der Waals surface area contributed by atoms with Crippen LogP contribution in [0.4, 0.5) is 0 Å². The molecule has 0 aliphatic heterocycles. The van der Waals surface area contributed by atoms with Crippen LogP contribution in [0.3, 0.4) is 0 Å². The summed E-state index contributed by atoms with van der Waals surface area (Å²) < 4.78 is 5.85. The van der Waals surface area contributed by atoms with E-state index in [1.165, 1.54) is 18.4 Å². The van der Waals surface area contributed by atoms with Crippen LogP contribution < -0.4 is 10.3 Å². The fraction of sp³-hybridized carbons (Fsp3) is 0.200. The molecular formula is C15H13BrN2O3S. The van der Waals surface area contributed by atoms with Crippen LogP contribution in [0.15, 0.2) is 21.4 Å². The minimum absolute atomic E-state index is 0.0572. The summed E-state index contributed by atoms with van der Waals surface area (Å²) in [5, 5.41) is 10.9. The molecular weight excluding hydrogens is 368 g/mol. The van der Waals surface area contributed by atoms with Crippen LogP contribution in [-0.4, -0.2) is 22.2 Å². The van der Waals surface area contributed by atoms with Crippen molar-refractivity contribution in [3.63, 3.8) is 0 Å². The number of methoxy groups -OCH3 is 1. The number of aromatic hydroxyl groups is 1. The third kappa shape index (κ3) is 2.30. The number of phenols is 1. The van der Waals surface area contributed by atoms with Crippen molar-refractivity contribution in [2.45, 2.75) is 13.8 Å². The van der Waals surface area contributed by atoms with Gasteiger partial charge in [-0.1, -0.05) is 15.9 Å². The number of nitrogens with one attached hydrogen (secondary N) is 1. The van der Waals surface area contributed by atoms with Gasteiger partial charge in [-0.25, -0.2) is 4.98 Å². The van der Waals surface area contributed by atoms with E-state index in [1.54, 1.807) is 12.1 Å². The molecule has 3 rings (SSSR count). The van der Waals surface area contributed by atoms with Gasteiger partial charge in [0.15, 0.2) is 11.5 Å². The van der Waals surface area contributed by atoms with Gasteiger partial charge in [0.05, 0.1) is 18.1 Å². The Morgan fingerprint density at radius 3 is 2.77 bits per heavy atom. The maximum Gasteiger partial charge on any atom is 0.260 e. The fourth-order valence-electron chi connectivity index (χ4n) is 2.29. The Bertz CT molecular complexity index is 946. The van der Waals surface area contributed by atoms with Crippen molar-refractivity contribution in [3.05, 3.63) is 37.4 Å². The number of aryl methyl sites for hydroxylation is 2. The van der Waals surface area contributed by atoms with Crippen molar-refractivity contribution >= 4 is 37.5 Å². The summed E-state index contributed by atoms with van der Waals surface area (Å²) in [4.78, 5) is 21.3. The largest absolute Gasteiger partial charge is 0.504 e. The van der Waals surface area contributed by atoms with Crippen molar-refractivity contribution in [1.29, 1.82) is 0 Å². The van der Waals surface area contributed by atoms with Gasteiger partial charge < -0.3 is 14.8 Å². The quantitative estimate of drug-likeness (QED) is 0.709. The topological polar surface area (TPSA) is 75.2 Å². The van der Waals surface area contributed by atoms with E-state index in [9.17, 15) is 9.90 Å². The van der Waals surface area contributed by atoms with Crippen LogP contribution in [0.5, 0.6) is 11.5 Å². The molecule has 0 bridgehead atoms. The first-order valence-electron chi connectivity index (χ1n) is 6.49. The normalized spacial score (nSPS) is 11.1. The third-order valence-corrected chi connectivity index (χ3v) is 5.11. The molecule has 7 heteroatoms. The molecule has 0 saturated heterocycles. The van der Waals surface area contributed by atoms with Crippen molar-refractivity contribution in [1.82, 2.24) is 9.97 Å². The van der Waals surface area contributed by atoms with Gasteiger partial charge in [-0.05, 0) is 31.5 Å². The lowest BCUT2D eigenvalue weighted by Crippen LogP contribution is -2.09. The number of fused-ring (bicyclic) bond motifs is 1. The second kappa shape index (κ2) is 5.40. The highest BCUT2D eigenvalue weighted by Gasteiger charge is 2.17. The zero-order chi connectivity index (χ0) is 16.0. The van der Waals surface area contributed by atoms with E-state index in [2.05, 4.69) is 25.9 Å². The highest BCUT2D eigenvalue weighted by molar-refractivity contribution is 9.10. The van der Waals surface area contributed by atoms with Crippen LogP contribution in [0.2, 0.25) is 0 Å². The van der Waals surface area contributed by atoms with Crippen molar-refractivity contribution < 1.29 is 9.84 Å². The van der Waals surface area contributed by atoms with Gasteiger partial charge in [-0.15, -0.1) is 11.3 Å². The monoisotopic (exact) mass is 380 g/mol. The second-order valence-electron chi connectivity index (χ2n) is 4.88. The number of halogens is 1. The summed E-state index contributed by atoms with van der Waals surface area (Å²) in [6.07, 6.45) is 0. The van der Waals surface area contributed by atoms with Crippen LogP contribution in [0.25, 0.3) is 21.6 Å². The molecule has 22 heavy (non-hydrogen) atoms. The SMILES string of the molecule is COc1cc(Br)cc(-c2nc3sc(C)c(C)c3c(=O)[nH]2)c1O. The predicted octanol–water partition coefficient (Wildman–Crippen LogP) is 3.75. The van der Waals surface area contributed by atoms with E-state index in [4.69, 9.17) is 4.74 Å². The zero-order valence-corrected chi connectivity index (χ0v) is 14.6. The number of ether oxygens (including phenoxy) is 1. The summed E-state index contributed by atoms with van der Waals surface area (Å²) in [5.74, 6) is 0.569. The van der Waals surface area contributed by atoms with E-state index in [0.717, 1.165) is 14.9 Å². The number of H-pyrrole nitrogens is 1. The molecule has 2 aromatic heterocycles. The Kier molecular flexibility index (Phi) is 3.70. The Morgan fingerprint density at radius 2 is 2.09 bits per heavy atom. The Hall–Kier alpha value is -1.86. The smallest absolute Gasteiger partial charge is 0.260 e. The number of hydrogen-bond donors (Lipinski definition) is 2. The molecule has 2 N–H and O–H groups in total. The van der Waals surface area contributed by atoms with Gasteiger partial charge in [0.25, 0.3) is 5.56 Å². The predicted molar refractivity (Wildman–Crippen MR) is 91.1 cm³/mol. The Balaban J connectivity index is 2.32. The molecule has 5 nitrogen and oxygen atoms in total. The molecule has 0 amide bonds. The first kappa shape index (κ1) is 15.1. The molecule has 0 saturated carbocycles. The molecule has 3 aromatic rings. The van der Waals surface area contributed by atoms with Crippen LogP contribution in [-0.2, 0) is 0 Å². The second-order valence-corrected chi connectivity index (χ2v) is 7.00. The molecule has 114 valence electrons. The highest BCUT2D eigenvalue weighted by Crippen LogP contribution is 2.39. The number of hydrogen-bond acceptors (Lipinski definition) is 5. The van der Waals surface area contributed by atoms with Gasteiger partial charge in [-0.2, -0.15) is 0 Å². The molecule has 0 atom stereocenters. The van der Waals surface area contributed by atoms with Crippen LogP contribution >= 0.6 is 27.3 Å². The minimum Gasteiger partial charge on any atom is -0.504 e. The molecule has 0 aliphatic rings. The van der Waals surface area contributed by atoms with E-state index in [0.29, 0.717) is 27.4 Å². The molecule has 2 heterocycles. The minimum atomic E-state index is -0.208. The Labute approximate surface area is 138 Å². The van der Waals surface area contributed by atoms with Crippen molar-refractivity contribution in [2.75, 3.05) is 7.11 Å². The van der Waals surface area contributed by atoms with E-state index in [-0.39, 0.29) is 11.3 Å². The standard InChI is InChI=1S/C15H13BrN2O3S/c1-6-7(2)22-15-11(6)14(20)17-13(18-15)9-4-8(16)5-10(21-3)12(9)19/h4-5,19H,1-3H3,(H,17,18,20). The average molecular weight is 381 g/mol. The van der Waals surface area contributed by atoms with Crippen LogP contribution in [0, 0.1) is 13.8 Å². The number of phenolic OH excluding ortho intramolecular Hbond substituents is 1. The van der Waals surface area contributed by atoms with E-state index >= 15 is 0 Å². The van der Waals surface area contributed by atoms with E-state index < -0.39 is 0 Å². The van der Waals surface area contributed by atoms with Gasteiger partial charge in [0.1, 0.15) is 10.7 Å². The summed E-state index contributed by atoms with van der Waals surface area (Å²) >= 11 is 4.83. The number of nitrogens with zero attached hydrogens (tertiary/aromatic N) is 1. The molecule has 1 aromatic carbocycles. The van der Waals surface area contributed by atoms with E-state index in [1.807, 2.05) is 13.8 Å². The lowest BCUT2D eigenvalue weighted by molar-refractivity contribution is 0.374. The molecule has 0 radical (unpaired) electrons. The third-order valence-electron chi connectivity index (χ3n) is 3.55. The van der Waals surface area contributed by atoms with Gasteiger partial charge in [0, 0.05) is 9.35 Å². The number of benzene rings is 1. The number of aromatic nitrogens is 2. The maximum absolute atomic E-state index is 12.3. The summed E-state index contributed by atoms with van der Waals surface area (Å²) in [6, 6.07) is 3.34. The number of thiophene rings is 1. The number of rotatable bonds is 2. The average Bonchev–Trinajstić information content (AvgIpc) is 2.76. The van der Waals surface area contributed by atoms with Gasteiger partial charge >= 0.3 is 0 Å². The molecule has 0 unspecified atom stereocenters. The molecule has 0 aliphatic carbocycles. The maximum atomic E-state index is 12.3. The van der Waals surface area contributed by atoms with Gasteiger partial charge in [-0.3, -0.25) is 4.79 Å². The van der Waals surface area contributed by atoms with Gasteiger partial charge in [0.2, 0.25) is 0 Å². The summed E-state index contributed by atoms with van der Waals surface area (Å²) in [7, 11) is 1.47.